The predicted molar refractivity (Wildman–Crippen MR) is 184 cm³/mol. The molecule has 47 heavy (non-hydrogen) atoms. The minimum Gasteiger partial charge on any atom is -0.456 e. The summed E-state index contributed by atoms with van der Waals surface area (Å²) in [6, 6.07) is 42.7. The van der Waals surface area contributed by atoms with Gasteiger partial charge in [-0.25, -0.2) is 18.4 Å². The van der Waals surface area contributed by atoms with Crippen LogP contribution >= 0.6 is 0 Å². The van der Waals surface area contributed by atoms with E-state index in [2.05, 4.69) is 18.2 Å². The van der Waals surface area contributed by atoms with Crippen molar-refractivity contribution in [3.8, 4) is 44.9 Å². The number of rotatable bonds is 3. The fourth-order valence-electron chi connectivity index (χ4n) is 6.89. The lowest BCUT2D eigenvalue weighted by Crippen LogP contribution is -1.98. The van der Waals surface area contributed by atoms with Crippen LogP contribution in [-0.2, 0) is 9.84 Å². The van der Waals surface area contributed by atoms with Crippen LogP contribution in [0.15, 0.2) is 152 Å². The summed E-state index contributed by atoms with van der Waals surface area (Å²) in [5.41, 5.74) is 8.94. The molecule has 6 aromatic carbocycles. The van der Waals surface area contributed by atoms with Gasteiger partial charge in [0.05, 0.1) is 9.79 Å². The minimum atomic E-state index is -3.69. The molecule has 10 rings (SSSR count). The maximum absolute atomic E-state index is 13.6. The number of aromatic nitrogens is 2. The second kappa shape index (κ2) is 9.48. The van der Waals surface area contributed by atoms with Gasteiger partial charge in [0.1, 0.15) is 28.0 Å². The van der Waals surface area contributed by atoms with Crippen LogP contribution in [0.5, 0.6) is 0 Å². The molecule has 0 unspecified atom stereocenters. The average molecular weight is 627 g/mol. The third-order valence-electron chi connectivity index (χ3n) is 9.07. The fraction of sp³-hybridized carbons (Fsp3) is 0. The lowest BCUT2D eigenvalue weighted by Gasteiger charge is -2.09. The Hall–Kier alpha value is -6.05. The van der Waals surface area contributed by atoms with Crippen molar-refractivity contribution in [3.05, 3.63) is 133 Å². The van der Waals surface area contributed by atoms with Crippen LogP contribution in [0.1, 0.15) is 0 Å². The van der Waals surface area contributed by atoms with Crippen LogP contribution in [0.2, 0.25) is 0 Å². The van der Waals surface area contributed by atoms with E-state index >= 15 is 0 Å². The van der Waals surface area contributed by atoms with E-state index < -0.39 is 9.84 Å². The van der Waals surface area contributed by atoms with Gasteiger partial charge in [0.2, 0.25) is 9.84 Å². The predicted octanol–water partition coefficient (Wildman–Crippen LogP) is 10.1. The van der Waals surface area contributed by atoms with Gasteiger partial charge in [-0.2, -0.15) is 0 Å². The first-order valence-electron chi connectivity index (χ1n) is 15.2. The van der Waals surface area contributed by atoms with Crippen molar-refractivity contribution < 1.29 is 17.3 Å². The average Bonchev–Trinajstić information content (AvgIpc) is 3.76. The molecule has 4 heterocycles. The van der Waals surface area contributed by atoms with E-state index in [9.17, 15) is 8.42 Å². The normalized spacial score (nSPS) is 13.4. The molecule has 1 aliphatic rings. The lowest BCUT2D eigenvalue weighted by atomic mass is 10.0. The molecule has 9 aromatic rings. The molecule has 0 bridgehead atoms. The van der Waals surface area contributed by atoms with E-state index in [4.69, 9.17) is 18.8 Å². The first kappa shape index (κ1) is 26.2. The van der Waals surface area contributed by atoms with Crippen molar-refractivity contribution in [2.45, 2.75) is 9.79 Å². The van der Waals surface area contributed by atoms with Crippen LogP contribution in [0.4, 0.5) is 0 Å². The molecule has 0 amide bonds. The molecular formula is C40H22N2O4S. The smallest absolute Gasteiger partial charge is 0.207 e. The van der Waals surface area contributed by atoms with Crippen molar-refractivity contribution in [3.63, 3.8) is 0 Å². The summed E-state index contributed by atoms with van der Waals surface area (Å²) in [6.07, 6.45) is 0. The highest BCUT2D eigenvalue weighted by atomic mass is 32.2. The molecule has 0 aliphatic carbocycles. The number of hydrogen-bond acceptors (Lipinski definition) is 6. The van der Waals surface area contributed by atoms with Gasteiger partial charge in [-0.05, 0) is 47.5 Å². The molecule has 3 aromatic heterocycles. The van der Waals surface area contributed by atoms with E-state index in [1.54, 1.807) is 18.2 Å². The maximum atomic E-state index is 13.6. The topological polar surface area (TPSA) is 86.2 Å². The van der Waals surface area contributed by atoms with Gasteiger partial charge in [-0.3, -0.25) is 0 Å². The number of furan rings is 2. The molecule has 0 saturated carbocycles. The summed E-state index contributed by atoms with van der Waals surface area (Å²) in [5, 5.41) is 2.73. The van der Waals surface area contributed by atoms with Crippen molar-refractivity contribution in [2.24, 2.45) is 0 Å². The highest BCUT2D eigenvalue weighted by molar-refractivity contribution is 7.92. The first-order valence-corrected chi connectivity index (χ1v) is 16.7. The van der Waals surface area contributed by atoms with E-state index in [1.807, 2.05) is 97.1 Å². The molecular weight excluding hydrogens is 605 g/mol. The maximum Gasteiger partial charge on any atom is 0.207 e. The van der Waals surface area contributed by atoms with Gasteiger partial charge in [0.25, 0.3) is 0 Å². The molecule has 0 spiro atoms. The van der Waals surface area contributed by atoms with Crippen LogP contribution < -0.4 is 0 Å². The van der Waals surface area contributed by atoms with Gasteiger partial charge in [-0.1, -0.05) is 97.1 Å². The number of sulfone groups is 1. The molecule has 1 aliphatic heterocycles. The highest BCUT2D eigenvalue weighted by Crippen LogP contribution is 2.46. The number of benzene rings is 6. The quantitative estimate of drug-likeness (QED) is 0.194. The lowest BCUT2D eigenvalue weighted by molar-refractivity contribution is 0.598. The van der Waals surface area contributed by atoms with E-state index in [1.165, 1.54) is 0 Å². The number of para-hydroxylation sites is 1. The third-order valence-corrected chi connectivity index (χ3v) is 10.9. The summed E-state index contributed by atoms with van der Waals surface area (Å²) in [5.74, 6) is 0.402. The summed E-state index contributed by atoms with van der Waals surface area (Å²) in [4.78, 5) is 10.8. The molecule has 0 atom stereocenters. The summed E-state index contributed by atoms with van der Waals surface area (Å²) in [7, 11) is -3.69. The Bertz CT molecular complexity index is 2870. The standard InChI is InChI=1S/C40H22N2O4S/c43-47(44)34-16-7-5-11-26(34)27-19-17-25(22-35(27)47)40-41-37(29-13-8-15-33-36(29)28-12-4-6-14-31(28)45-33)39-38(42-40)30-21-24(18-20-32(30)46-39)23-9-2-1-3-10-23/h1-22H. The SMILES string of the molecule is O=S1(=O)c2ccccc2-c2ccc(-c3nc(-c4cccc5oc6ccccc6c45)c4oc5ccc(-c6ccccc6)cc5c4n3)cc21. The van der Waals surface area contributed by atoms with Crippen molar-refractivity contribution >= 4 is 53.8 Å². The largest absolute Gasteiger partial charge is 0.456 e. The van der Waals surface area contributed by atoms with Gasteiger partial charge in [-0.15, -0.1) is 0 Å². The molecule has 6 nitrogen and oxygen atoms in total. The second-order valence-corrected chi connectivity index (χ2v) is 13.6. The van der Waals surface area contributed by atoms with Crippen LogP contribution in [0.3, 0.4) is 0 Å². The van der Waals surface area contributed by atoms with Crippen LogP contribution in [0, 0.1) is 0 Å². The Balaban J connectivity index is 1.28. The van der Waals surface area contributed by atoms with Gasteiger partial charge < -0.3 is 8.83 Å². The third kappa shape index (κ3) is 3.74. The Labute approximate surface area is 268 Å². The molecule has 7 heteroatoms. The zero-order chi connectivity index (χ0) is 31.3. The molecule has 0 saturated heterocycles. The zero-order valence-corrected chi connectivity index (χ0v) is 25.5. The zero-order valence-electron chi connectivity index (χ0n) is 24.6. The first-order chi connectivity index (χ1) is 23.0. The Morgan fingerprint density at radius 1 is 0.489 bits per heavy atom. The van der Waals surface area contributed by atoms with E-state index in [0.717, 1.165) is 44.0 Å². The minimum absolute atomic E-state index is 0.257. The summed E-state index contributed by atoms with van der Waals surface area (Å²) < 4.78 is 40.1. The number of hydrogen-bond donors (Lipinski definition) is 0. The summed E-state index contributed by atoms with van der Waals surface area (Å²) in [6.45, 7) is 0. The Kier molecular flexibility index (Phi) is 5.28. The Morgan fingerprint density at radius 3 is 2.13 bits per heavy atom. The summed E-state index contributed by atoms with van der Waals surface area (Å²) >= 11 is 0. The molecule has 0 N–H and O–H groups in total. The van der Waals surface area contributed by atoms with Crippen molar-refractivity contribution in [1.82, 2.24) is 9.97 Å². The molecule has 0 fully saturated rings. The van der Waals surface area contributed by atoms with Crippen molar-refractivity contribution in [1.29, 1.82) is 0 Å². The highest BCUT2D eigenvalue weighted by Gasteiger charge is 2.33. The molecule has 0 radical (unpaired) electrons. The Morgan fingerprint density at radius 2 is 1.21 bits per heavy atom. The van der Waals surface area contributed by atoms with Crippen molar-refractivity contribution in [2.75, 3.05) is 0 Å². The fourth-order valence-corrected chi connectivity index (χ4v) is 8.60. The monoisotopic (exact) mass is 626 g/mol. The van der Waals surface area contributed by atoms with Crippen LogP contribution in [0.25, 0.3) is 88.9 Å². The van der Waals surface area contributed by atoms with Gasteiger partial charge in [0, 0.05) is 38.4 Å². The van der Waals surface area contributed by atoms with E-state index in [-0.39, 0.29) is 4.90 Å². The van der Waals surface area contributed by atoms with Crippen LogP contribution in [-0.4, -0.2) is 18.4 Å². The number of fused-ring (bicyclic) bond motifs is 9. The number of nitrogens with zero attached hydrogens (tertiary/aromatic N) is 2. The second-order valence-electron chi connectivity index (χ2n) is 11.7. The molecule has 222 valence electrons. The van der Waals surface area contributed by atoms with E-state index in [0.29, 0.717) is 49.8 Å². The van der Waals surface area contributed by atoms with Gasteiger partial charge in [0.15, 0.2) is 11.4 Å². The van der Waals surface area contributed by atoms with Gasteiger partial charge >= 0.3 is 0 Å².